The molecular weight excluding hydrogens is 563 g/mol. The minimum Gasteiger partial charge on any atom is -0.474 e. The minimum atomic E-state index is -5.05. The maximum atomic E-state index is 16.3. The Kier molecular flexibility index (Phi) is 11.1. The Bertz CT molecular complexity index is 1390. The Morgan fingerprint density at radius 1 is 1.14 bits per heavy atom. The predicted octanol–water partition coefficient (Wildman–Crippen LogP) is 5.48. The molecule has 14 heteroatoms. The Morgan fingerprint density at radius 2 is 1.86 bits per heavy atom. The van der Waals surface area contributed by atoms with Gasteiger partial charge in [-0.1, -0.05) is 20.8 Å². The lowest BCUT2D eigenvalue weighted by Crippen LogP contribution is -2.26. The van der Waals surface area contributed by atoms with E-state index in [2.05, 4.69) is 25.6 Å². The third kappa shape index (κ3) is 7.27. The standard InChI is InChI=1S/C26H31F5N6O3.C2H6/c1-12(5-9-38)11-39-25-36-22-17-23(37-25)34-8-7-33-6-4-13(2)40-24(17)35-21(20(22)28)15-10-16(32)19(27)14(3)18(15)26(29,30)31;1-2/h10,12-13,33,38H,4-9,11,32H2,1-3H3,(H,34,36,37);1-2H3. The summed E-state index contributed by atoms with van der Waals surface area (Å²) in [6.45, 7) is 10.0. The number of aliphatic hydroxyl groups excluding tert-OH is 1. The van der Waals surface area contributed by atoms with Crippen molar-refractivity contribution in [3.05, 3.63) is 28.8 Å². The van der Waals surface area contributed by atoms with E-state index in [1.807, 2.05) is 20.8 Å². The molecule has 0 amide bonds. The zero-order chi connectivity index (χ0) is 31.2. The van der Waals surface area contributed by atoms with E-state index in [4.69, 9.17) is 15.2 Å². The van der Waals surface area contributed by atoms with Gasteiger partial charge in [-0.3, -0.25) is 0 Å². The summed E-state index contributed by atoms with van der Waals surface area (Å²) in [5.41, 5.74) is 0.982. The number of rotatable bonds is 6. The quantitative estimate of drug-likeness (QED) is 0.215. The second kappa shape index (κ2) is 14.1. The number of nitrogens with one attached hydrogen (secondary N) is 2. The molecule has 1 aliphatic heterocycles. The molecule has 0 fully saturated rings. The Hall–Kier alpha value is -3.52. The average Bonchev–Trinajstić information content (AvgIpc) is 2.97. The van der Waals surface area contributed by atoms with Crippen LogP contribution in [0.1, 0.15) is 51.7 Å². The van der Waals surface area contributed by atoms with E-state index in [0.717, 1.165) is 6.92 Å². The molecule has 42 heavy (non-hydrogen) atoms. The molecule has 4 rings (SSSR count). The normalized spacial score (nSPS) is 16.4. The number of benzene rings is 1. The summed E-state index contributed by atoms with van der Waals surface area (Å²) in [4.78, 5) is 12.7. The third-order valence-electron chi connectivity index (χ3n) is 6.55. The fourth-order valence-electron chi connectivity index (χ4n) is 4.42. The Balaban J connectivity index is 0.00000237. The SMILES string of the molecule is CC.Cc1c(F)c(N)cc(-c2nc3c4c(nc(OCC(C)CCO)nc4c2F)NCCNCCC(C)O3)c1C(F)(F)F. The van der Waals surface area contributed by atoms with Gasteiger partial charge in [-0.25, -0.2) is 13.8 Å². The Labute approximate surface area is 241 Å². The highest BCUT2D eigenvalue weighted by Gasteiger charge is 2.39. The zero-order valence-corrected chi connectivity index (χ0v) is 24.3. The van der Waals surface area contributed by atoms with E-state index >= 15 is 4.39 Å². The molecule has 0 radical (unpaired) electrons. The lowest BCUT2D eigenvalue weighted by molar-refractivity contribution is -0.137. The molecule has 0 bridgehead atoms. The molecule has 2 atom stereocenters. The first-order valence-corrected chi connectivity index (χ1v) is 13.8. The monoisotopic (exact) mass is 600 g/mol. The van der Waals surface area contributed by atoms with Gasteiger partial charge in [0, 0.05) is 25.3 Å². The molecule has 0 spiro atoms. The number of hydrogen-bond acceptors (Lipinski definition) is 9. The number of nitrogens with two attached hydrogens (primary N) is 1. The van der Waals surface area contributed by atoms with Crippen molar-refractivity contribution in [3.8, 4) is 23.1 Å². The van der Waals surface area contributed by atoms with Gasteiger partial charge in [0.25, 0.3) is 0 Å². The van der Waals surface area contributed by atoms with Crippen LogP contribution in [0.2, 0.25) is 0 Å². The molecule has 2 aromatic heterocycles. The fourth-order valence-corrected chi connectivity index (χ4v) is 4.42. The first kappa shape index (κ1) is 33.0. The van der Waals surface area contributed by atoms with E-state index < -0.39 is 57.5 Å². The van der Waals surface area contributed by atoms with E-state index in [1.165, 1.54) is 0 Å². The number of pyridine rings is 1. The molecule has 1 aromatic carbocycles. The van der Waals surface area contributed by atoms with Gasteiger partial charge in [0.05, 0.1) is 24.0 Å². The summed E-state index contributed by atoms with van der Waals surface area (Å²) in [6, 6.07) is 0.477. The van der Waals surface area contributed by atoms with E-state index in [9.17, 15) is 22.7 Å². The summed E-state index contributed by atoms with van der Waals surface area (Å²) in [5, 5.41) is 15.5. The summed E-state index contributed by atoms with van der Waals surface area (Å²) in [7, 11) is 0. The van der Waals surface area contributed by atoms with Crippen molar-refractivity contribution in [2.24, 2.45) is 5.92 Å². The molecule has 0 saturated heterocycles. The van der Waals surface area contributed by atoms with Crippen LogP contribution in [0.25, 0.3) is 22.2 Å². The second-order valence-corrected chi connectivity index (χ2v) is 9.81. The zero-order valence-electron chi connectivity index (χ0n) is 24.3. The van der Waals surface area contributed by atoms with Gasteiger partial charge in [0.1, 0.15) is 28.2 Å². The molecule has 0 saturated carbocycles. The van der Waals surface area contributed by atoms with Crippen LogP contribution in [0.5, 0.6) is 11.9 Å². The number of halogens is 5. The van der Waals surface area contributed by atoms with E-state index in [-0.39, 0.29) is 42.2 Å². The average molecular weight is 601 g/mol. The van der Waals surface area contributed by atoms with E-state index in [1.54, 1.807) is 6.92 Å². The summed E-state index contributed by atoms with van der Waals surface area (Å²) in [6.07, 6.45) is -4.56. The lowest BCUT2D eigenvalue weighted by atomic mass is 9.96. The number of nitrogens with zero attached hydrogens (tertiary/aromatic N) is 3. The highest BCUT2D eigenvalue weighted by molar-refractivity contribution is 5.96. The molecule has 1 aliphatic rings. The molecule has 2 unspecified atom stereocenters. The van der Waals surface area contributed by atoms with Gasteiger partial charge in [-0.05, 0) is 50.8 Å². The number of nitrogen functional groups attached to an aromatic ring is 1. The van der Waals surface area contributed by atoms with Crippen molar-refractivity contribution < 1.29 is 36.5 Å². The van der Waals surface area contributed by atoms with Crippen LogP contribution < -0.4 is 25.8 Å². The molecule has 3 aromatic rings. The first-order chi connectivity index (χ1) is 19.9. The third-order valence-corrected chi connectivity index (χ3v) is 6.55. The summed E-state index contributed by atoms with van der Waals surface area (Å²) >= 11 is 0. The van der Waals surface area contributed by atoms with Gasteiger partial charge in [0.2, 0.25) is 5.88 Å². The second-order valence-electron chi connectivity index (χ2n) is 9.81. The van der Waals surface area contributed by atoms with Crippen LogP contribution in [-0.2, 0) is 6.18 Å². The topological polar surface area (TPSA) is 127 Å². The van der Waals surface area contributed by atoms with Crippen LogP contribution in [-0.4, -0.2) is 59.0 Å². The Morgan fingerprint density at radius 3 is 2.52 bits per heavy atom. The van der Waals surface area contributed by atoms with Gasteiger partial charge in [-0.15, -0.1) is 0 Å². The first-order valence-electron chi connectivity index (χ1n) is 13.8. The van der Waals surface area contributed by atoms with Crippen LogP contribution in [0.4, 0.5) is 33.5 Å². The van der Waals surface area contributed by atoms with Crippen molar-refractivity contribution in [3.63, 3.8) is 0 Å². The molecule has 3 heterocycles. The number of hydrogen-bond donors (Lipinski definition) is 4. The van der Waals surface area contributed by atoms with Crippen molar-refractivity contribution in [2.45, 2.75) is 59.7 Å². The van der Waals surface area contributed by atoms with Crippen molar-refractivity contribution >= 4 is 22.4 Å². The maximum Gasteiger partial charge on any atom is 0.417 e. The number of aromatic nitrogens is 3. The molecule has 9 nitrogen and oxygen atoms in total. The highest BCUT2D eigenvalue weighted by Crippen LogP contribution is 2.44. The smallest absolute Gasteiger partial charge is 0.417 e. The fraction of sp³-hybridized carbons (Fsp3) is 0.536. The molecule has 0 aliphatic carbocycles. The lowest BCUT2D eigenvalue weighted by Gasteiger charge is -2.21. The van der Waals surface area contributed by atoms with Crippen LogP contribution in [0, 0.1) is 24.5 Å². The molecule has 5 N–H and O–H groups in total. The number of ether oxygens (including phenoxy) is 2. The summed E-state index contributed by atoms with van der Waals surface area (Å²) in [5.74, 6) is -2.63. The maximum absolute atomic E-state index is 16.3. The highest BCUT2D eigenvalue weighted by atomic mass is 19.4. The molecular formula is C28H37F5N6O3. The van der Waals surface area contributed by atoms with Crippen molar-refractivity contribution in [1.82, 2.24) is 20.3 Å². The van der Waals surface area contributed by atoms with Crippen LogP contribution in [0.3, 0.4) is 0 Å². The minimum absolute atomic E-state index is 0.0196. The van der Waals surface area contributed by atoms with Gasteiger partial charge >= 0.3 is 12.2 Å². The van der Waals surface area contributed by atoms with Crippen LogP contribution >= 0.6 is 0 Å². The van der Waals surface area contributed by atoms with Gasteiger partial charge < -0.3 is 30.9 Å². The predicted molar refractivity (Wildman–Crippen MR) is 151 cm³/mol. The van der Waals surface area contributed by atoms with E-state index in [0.29, 0.717) is 38.5 Å². The van der Waals surface area contributed by atoms with Gasteiger partial charge in [-0.2, -0.15) is 23.1 Å². The number of anilines is 2. The largest absolute Gasteiger partial charge is 0.474 e. The van der Waals surface area contributed by atoms with Crippen molar-refractivity contribution in [1.29, 1.82) is 0 Å². The number of alkyl halides is 3. The van der Waals surface area contributed by atoms with Crippen LogP contribution in [0.15, 0.2) is 6.07 Å². The van der Waals surface area contributed by atoms with Crippen molar-refractivity contribution in [2.75, 3.05) is 43.9 Å². The van der Waals surface area contributed by atoms with Gasteiger partial charge in [0.15, 0.2) is 5.82 Å². The summed E-state index contributed by atoms with van der Waals surface area (Å²) < 4.78 is 84.9. The molecule has 232 valence electrons. The number of aliphatic hydroxyl groups is 1.